The number of aromatic nitrogens is 1. The molecule has 86 valence electrons. The van der Waals surface area contributed by atoms with E-state index in [1.54, 1.807) is 0 Å². The highest BCUT2D eigenvalue weighted by Gasteiger charge is 2.22. The molecule has 1 aliphatic heterocycles. The molecule has 0 radical (unpaired) electrons. The van der Waals surface area contributed by atoms with E-state index in [2.05, 4.69) is 4.98 Å². The summed E-state index contributed by atoms with van der Waals surface area (Å²) < 4.78 is 18.2. The summed E-state index contributed by atoms with van der Waals surface area (Å²) in [7, 11) is 0. The van der Waals surface area contributed by atoms with Gasteiger partial charge in [-0.05, 0) is 18.2 Å². The van der Waals surface area contributed by atoms with E-state index in [0.717, 1.165) is 0 Å². The van der Waals surface area contributed by atoms with Crippen molar-refractivity contribution in [3.05, 3.63) is 45.6 Å². The average molecular weight is 233 g/mol. The number of ether oxygens (including phenoxy) is 1. The van der Waals surface area contributed by atoms with Crippen LogP contribution >= 0.6 is 0 Å². The van der Waals surface area contributed by atoms with E-state index < -0.39 is 5.82 Å². The van der Waals surface area contributed by atoms with E-state index >= 15 is 0 Å². The van der Waals surface area contributed by atoms with Crippen molar-refractivity contribution in [2.45, 2.75) is 6.61 Å². The first-order valence-electron chi connectivity index (χ1n) is 5.12. The molecule has 0 unspecified atom stereocenters. The molecule has 4 nitrogen and oxygen atoms in total. The summed E-state index contributed by atoms with van der Waals surface area (Å²) in [6.45, 7) is 0.132. The number of ketones is 1. The standard InChI is InChI=1S/C12H8FNO3/c13-6-1-2-7-8(3-6)11-9(14-12(7)16)4-17-5-10(11)15/h1-3H,4-5H2,(H,14,16). The molecule has 2 heterocycles. The van der Waals surface area contributed by atoms with Crippen LogP contribution in [0, 0.1) is 5.82 Å². The van der Waals surface area contributed by atoms with Crippen LogP contribution in [0.15, 0.2) is 23.0 Å². The Kier molecular flexibility index (Phi) is 2.09. The highest BCUT2D eigenvalue weighted by Crippen LogP contribution is 2.23. The number of benzene rings is 1. The Balaban J connectivity index is 2.50. The lowest BCUT2D eigenvalue weighted by molar-refractivity contribution is 0.0657. The lowest BCUT2D eigenvalue weighted by Gasteiger charge is -2.16. The number of pyridine rings is 1. The van der Waals surface area contributed by atoms with Crippen molar-refractivity contribution in [1.29, 1.82) is 0 Å². The number of hydrogen-bond acceptors (Lipinski definition) is 3. The first-order valence-corrected chi connectivity index (χ1v) is 5.12. The van der Waals surface area contributed by atoms with E-state index in [9.17, 15) is 14.0 Å². The molecule has 0 spiro atoms. The highest BCUT2D eigenvalue weighted by molar-refractivity contribution is 6.09. The number of carbonyl (C=O) groups excluding carboxylic acids is 1. The van der Waals surface area contributed by atoms with Crippen LogP contribution in [0.25, 0.3) is 10.8 Å². The van der Waals surface area contributed by atoms with Crippen molar-refractivity contribution < 1.29 is 13.9 Å². The lowest BCUT2D eigenvalue weighted by atomic mass is 9.99. The first kappa shape index (κ1) is 10.2. The zero-order chi connectivity index (χ0) is 12.0. The Labute approximate surface area is 95.0 Å². The van der Waals surface area contributed by atoms with Crippen molar-refractivity contribution >= 4 is 16.6 Å². The number of rotatable bonds is 0. The third-order valence-electron chi connectivity index (χ3n) is 2.82. The van der Waals surface area contributed by atoms with Crippen molar-refractivity contribution in [3.63, 3.8) is 0 Å². The van der Waals surface area contributed by atoms with Crippen LogP contribution in [0.5, 0.6) is 0 Å². The van der Waals surface area contributed by atoms with Gasteiger partial charge >= 0.3 is 0 Å². The Hall–Kier alpha value is -2.01. The van der Waals surface area contributed by atoms with Crippen LogP contribution in [-0.4, -0.2) is 17.4 Å². The maximum atomic E-state index is 13.2. The summed E-state index contributed by atoms with van der Waals surface area (Å²) >= 11 is 0. The van der Waals surface area contributed by atoms with Crippen LogP contribution < -0.4 is 5.56 Å². The number of nitrogens with one attached hydrogen (secondary N) is 1. The normalized spacial score (nSPS) is 15.0. The summed E-state index contributed by atoms with van der Waals surface area (Å²) in [5.74, 6) is -0.706. The van der Waals surface area contributed by atoms with Gasteiger partial charge < -0.3 is 9.72 Å². The third kappa shape index (κ3) is 1.47. The monoisotopic (exact) mass is 233 g/mol. The molecule has 1 aromatic carbocycles. The predicted octanol–water partition coefficient (Wildman–Crippen LogP) is 1.38. The number of Topliss-reactive ketones (excluding diaryl/α,β-unsaturated/α-hetero) is 1. The summed E-state index contributed by atoms with van der Waals surface area (Å²) in [6.07, 6.45) is 0. The SMILES string of the molecule is O=C1COCc2[nH]c(=O)c3ccc(F)cc3c21. The molecule has 3 rings (SSSR count). The fourth-order valence-corrected chi connectivity index (χ4v) is 2.10. The molecule has 0 fully saturated rings. The second kappa shape index (κ2) is 3.49. The van der Waals surface area contributed by atoms with Crippen LogP contribution in [0.1, 0.15) is 16.1 Å². The Morgan fingerprint density at radius 2 is 2.00 bits per heavy atom. The summed E-state index contributed by atoms with van der Waals surface area (Å²) in [5, 5.41) is 0.678. The molecule has 0 bridgehead atoms. The molecule has 0 atom stereocenters. The summed E-state index contributed by atoms with van der Waals surface area (Å²) in [6, 6.07) is 3.80. The van der Waals surface area contributed by atoms with Crippen molar-refractivity contribution in [3.8, 4) is 0 Å². The first-order chi connectivity index (χ1) is 8.16. The smallest absolute Gasteiger partial charge is 0.256 e. The predicted molar refractivity (Wildman–Crippen MR) is 58.5 cm³/mol. The third-order valence-corrected chi connectivity index (χ3v) is 2.82. The number of hydrogen-bond donors (Lipinski definition) is 1. The molecule has 5 heteroatoms. The van der Waals surface area contributed by atoms with Gasteiger partial charge in [0.1, 0.15) is 12.4 Å². The number of aromatic amines is 1. The number of fused-ring (bicyclic) bond motifs is 3. The highest BCUT2D eigenvalue weighted by atomic mass is 19.1. The molecule has 1 N–H and O–H groups in total. The second-order valence-corrected chi connectivity index (χ2v) is 3.91. The fourth-order valence-electron chi connectivity index (χ4n) is 2.10. The summed E-state index contributed by atoms with van der Waals surface area (Å²) in [5.41, 5.74) is 0.451. The van der Waals surface area contributed by atoms with Gasteiger partial charge in [-0.2, -0.15) is 0 Å². The van der Waals surface area contributed by atoms with Gasteiger partial charge in [-0.15, -0.1) is 0 Å². The minimum absolute atomic E-state index is 0.0370. The average Bonchev–Trinajstić information content (AvgIpc) is 2.28. The van der Waals surface area contributed by atoms with Crippen LogP contribution in [0.2, 0.25) is 0 Å². The van der Waals surface area contributed by atoms with Gasteiger partial charge in [-0.25, -0.2) is 4.39 Å². The molecular formula is C12H8FNO3. The molecule has 1 aromatic heterocycles. The molecule has 1 aliphatic rings. The Morgan fingerprint density at radius 3 is 2.82 bits per heavy atom. The fraction of sp³-hybridized carbons (Fsp3) is 0.167. The molecule has 0 saturated carbocycles. The zero-order valence-electron chi connectivity index (χ0n) is 8.75. The zero-order valence-corrected chi connectivity index (χ0v) is 8.75. The molecular weight excluding hydrogens is 225 g/mol. The van der Waals surface area contributed by atoms with Gasteiger partial charge in [0.2, 0.25) is 0 Å². The summed E-state index contributed by atoms with van der Waals surface area (Å²) in [4.78, 5) is 26.1. The minimum Gasteiger partial charge on any atom is -0.367 e. The van der Waals surface area contributed by atoms with E-state index in [1.807, 2.05) is 0 Å². The quantitative estimate of drug-likeness (QED) is 0.747. The second-order valence-electron chi connectivity index (χ2n) is 3.91. The van der Waals surface area contributed by atoms with Crippen molar-refractivity contribution in [2.75, 3.05) is 6.61 Å². The van der Waals surface area contributed by atoms with Crippen LogP contribution in [-0.2, 0) is 11.3 Å². The van der Waals surface area contributed by atoms with E-state index in [0.29, 0.717) is 22.0 Å². The number of carbonyl (C=O) groups is 1. The van der Waals surface area contributed by atoms with Gasteiger partial charge in [0, 0.05) is 16.3 Å². The van der Waals surface area contributed by atoms with Gasteiger partial charge in [-0.3, -0.25) is 9.59 Å². The molecule has 0 amide bonds. The van der Waals surface area contributed by atoms with E-state index in [4.69, 9.17) is 4.74 Å². The lowest BCUT2D eigenvalue weighted by Crippen LogP contribution is -2.24. The Bertz CT molecular complexity index is 690. The molecule has 0 saturated heterocycles. The largest absolute Gasteiger partial charge is 0.367 e. The molecule has 2 aromatic rings. The maximum Gasteiger partial charge on any atom is 0.256 e. The number of H-pyrrole nitrogens is 1. The Morgan fingerprint density at radius 1 is 1.18 bits per heavy atom. The molecule has 17 heavy (non-hydrogen) atoms. The maximum absolute atomic E-state index is 13.2. The van der Waals surface area contributed by atoms with E-state index in [-0.39, 0.29) is 24.6 Å². The van der Waals surface area contributed by atoms with Gasteiger partial charge in [0.15, 0.2) is 5.78 Å². The van der Waals surface area contributed by atoms with Gasteiger partial charge in [0.05, 0.1) is 12.3 Å². The molecule has 0 aliphatic carbocycles. The number of halogens is 1. The van der Waals surface area contributed by atoms with Gasteiger partial charge in [-0.1, -0.05) is 0 Å². The van der Waals surface area contributed by atoms with Crippen molar-refractivity contribution in [2.24, 2.45) is 0 Å². The van der Waals surface area contributed by atoms with Gasteiger partial charge in [0.25, 0.3) is 5.56 Å². The van der Waals surface area contributed by atoms with Crippen LogP contribution in [0.4, 0.5) is 4.39 Å². The topological polar surface area (TPSA) is 59.2 Å². The van der Waals surface area contributed by atoms with Crippen LogP contribution in [0.3, 0.4) is 0 Å². The minimum atomic E-state index is -0.468. The van der Waals surface area contributed by atoms with Crippen molar-refractivity contribution in [1.82, 2.24) is 4.98 Å². The van der Waals surface area contributed by atoms with E-state index in [1.165, 1.54) is 18.2 Å².